The van der Waals surface area contributed by atoms with Crippen molar-refractivity contribution in [3.63, 3.8) is 0 Å². The molecule has 0 amide bonds. The number of carboxylic acid groups (broad SMARTS) is 1. The minimum absolute atomic E-state index is 0.253. The van der Waals surface area contributed by atoms with Gasteiger partial charge in [0.2, 0.25) is 17.7 Å². The number of carbonyl (C=O) groups is 1. The fourth-order valence-electron chi connectivity index (χ4n) is 5.61. The summed E-state index contributed by atoms with van der Waals surface area (Å²) in [5, 5.41) is 13.9. The van der Waals surface area contributed by atoms with Gasteiger partial charge in [-0.25, -0.2) is 0 Å². The van der Waals surface area contributed by atoms with E-state index in [1.165, 1.54) is 10.9 Å². The molecule has 0 saturated carbocycles. The lowest BCUT2D eigenvalue weighted by molar-refractivity contribution is -0.142. The monoisotopic (exact) mass is 545 g/mol. The maximum atomic E-state index is 11.6. The fraction of sp³-hybridized carbons (Fsp3) is 0.464. The van der Waals surface area contributed by atoms with Crippen molar-refractivity contribution in [3.8, 4) is 11.6 Å². The zero-order chi connectivity index (χ0) is 27.9. The van der Waals surface area contributed by atoms with Gasteiger partial charge in [-0.1, -0.05) is 12.1 Å². The summed E-state index contributed by atoms with van der Waals surface area (Å²) in [4.78, 5) is 32.4. The number of hydrogen-bond acceptors (Lipinski definition) is 10. The Morgan fingerprint density at radius 2 is 1.82 bits per heavy atom. The highest BCUT2D eigenvalue weighted by Gasteiger charge is 2.30. The summed E-state index contributed by atoms with van der Waals surface area (Å²) in [7, 11) is 0. The number of nitrogen functional groups attached to an aromatic ring is 1. The number of furan rings is 1. The number of fused-ring (bicyclic) bond motifs is 1. The maximum absolute atomic E-state index is 11.6. The molecule has 3 N–H and O–H groups in total. The normalized spacial score (nSPS) is 18.9. The van der Waals surface area contributed by atoms with Crippen molar-refractivity contribution in [3.05, 3.63) is 48.2 Å². The van der Waals surface area contributed by atoms with Gasteiger partial charge in [0, 0.05) is 51.5 Å². The van der Waals surface area contributed by atoms with E-state index in [4.69, 9.17) is 10.2 Å². The maximum Gasteiger partial charge on any atom is 0.313 e. The largest absolute Gasteiger partial charge is 0.481 e. The van der Waals surface area contributed by atoms with Gasteiger partial charge in [-0.3, -0.25) is 9.69 Å². The predicted molar refractivity (Wildman–Crippen MR) is 151 cm³/mol. The third-order valence-corrected chi connectivity index (χ3v) is 8.14. The van der Waals surface area contributed by atoms with E-state index in [0.717, 1.165) is 63.5 Å². The van der Waals surface area contributed by atoms with Crippen molar-refractivity contribution in [1.82, 2.24) is 29.5 Å². The molecule has 40 heavy (non-hydrogen) atoms. The van der Waals surface area contributed by atoms with Crippen LogP contribution in [0.15, 0.2) is 47.1 Å². The lowest BCUT2D eigenvalue weighted by Gasteiger charge is -2.40. The lowest BCUT2D eigenvalue weighted by atomic mass is 9.85. The molecule has 12 heteroatoms. The number of nitrogens with zero attached hydrogens (tertiary/aromatic N) is 8. The molecule has 0 spiro atoms. The molecule has 5 heterocycles. The Morgan fingerprint density at radius 3 is 2.52 bits per heavy atom. The molecule has 0 aliphatic carbocycles. The molecule has 2 aliphatic heterocycles. The number of piperidine rings is 1. The zero-order valence-electron chi connectivity index (χ0n) is 22.9. The van der Waals surface area contributed by atoms with Gasteiger partial charge in [-0.15, -0.1) is 5.10 Å². The Morgan fingerprint density at radius 1 is 1.05 bits per heavy atom. The van der Waals surface area contributed by atoms with E-state index in [1.807, 2.05) is 24.3 Å². The van der Waals surface area contributed by atoms with Crippen LogP contribution in [0, 0.1) is 5.92 Å². The minimum atomic E-state index is -0.897. The molecule has 1 atom stereocenters. The van der Waals surface area contributed by atoms with Crippen molar-refractivity contribution in [2.75, 3.05) is 61.3 Å². The second-order valence-electron chi connectivity index (χ2n) is 11.2. The smallest absolute Gasteiger partial charge is 0.313 e. The predicted octanol–water partition coefficient (Wildman–Crippen LogP) is 2.76. The molecule has 0 bridgehead atoms. The summed E-state index contributed by atoms with van der Waals surface area (Å²) >= 11 is 0. The van der Waals surface area contributed by atoms with Crippen molar-refractivity contribution in [1.29, 1.82) is 0 Å². The average molecular weight is 546 g/mol. The van der Waals surface area contributed by atoms with Crippen molar-refractivity contribution in [2.45, 2.75) is 32.1 Å². The topological polar surface area (TPSA) is 142 Å². The van der Waals surface area contributed by atoms with Crippen molar-refractivity contribution >= 4 is 29.3 Å². The molecule has 4 aromatic rings. The molecule has 1 unspecified atom stereocenters. The number of aromatic nitrogens is 5. The first kappa shape index (κ1) is 26.1. The van der Waals surface area contributed by atoms with Gasteiger partial charge in [-0.05, 0) is 62.4 Å². The summed E-state index contributed by atoms with van der Waals surface area (Å²) in [6, 6.07) is 11.6. The van der Waals surface area contributed by atoms with Crippen LogP contribution in [-0.4, -0.2) is 86.4 Å². The van der Waals surface area contributed by atoms with Crippen LogP contribution in [0.25, 0.3) is 17.4 Å². The molecule has 12 nitrogen and oxygen atoms in total. The van der Waals surface area contributed by atoms with E-state index in [-0.39, 0.29) is 5.95 Å². The van der Waals surface area contributed by atoms with Gasteiger partial charge < -0.3 is 25.1 Å². The zero-order valence-corrected chi connectivity index (χ0v) is 22.9. The molecular formula is C28H35N9O3. The third kappa shape index (κ3) is 5.06. The number of hydrogen-bond donors (Lipinski definition) is 2. The van der Waals surface area contributed by atoms with E-state index < -0.39 is 11.4 Å². The van der Waals surface area contributed by atoms with E-state index in [9.17, 15) is 9.90 Å². The Labute approximate surface area is 232 Å². The Hall–Kier alpha value is -4.19. The Balaban J connectivity index is 1.06. The summed E-state index contributed by atoms with van der Waals surface area (Å²) in [6.07, 6.45) is 3.82. The summed E-state index contributed by atoms with van der Waals surface area (Å²) in [6.45, 7) is 10.1. The van der Waals surface area contributed by atoms with Crippen LogP contribution in [0.4, 0.5) is 17.6 Å². The van der Waals surface area contributed by atoms with Crippen LogP contribution in [0.5, 0.6) is 0 Å². The Bertz CT molecular complexity index is 1470. The number of carboxylic acids is 1. The van der Waals surface area contributed by atoms with Crippen LogP contribution in [0.1, 0.15) is 32.3 Å². The standard InChI is InChI=1S/C28H35N9O3/c1-28(2,24(38)39)20-7-9-21(10-8-20)35-14-12-34(13-15-35)17-19-5-3-11-36(18-19)26-31-25(29)37-27(32-26)30-23(33-37)22-6-4-16-40-22/h4,6-10,16,19H,3,5,11-15,17-18H2,1-2H3,(H,38,39)(H2,29,30,31,32,33). The van der Waals surface area contributed by atoms with Gasteiger partial charge in [0.15, 0.2) is 5.76 Å². The van der Waals surface area contributed by atoms with Crippen LogP contribution in [-0.2, 0) is 10.2 Å². The number of rotatable bonds is 7. The van der Waals surface area contributed by atoms with E-state index >= 15 is 0 Å². The summed E-state index contributed by atoms with van der Waals surface area (Å²) in [5.41, 5.74) is 7.29. The number of piperazine rings is 1. The van der Waals surface area contributed by atoms with Crippen molar-refractivity contribution < 1.29 is 14.3 Å². The van der Waals surface area contributed by atoms with Gasteiger partial charge in [0.25, 0.3) is 5.78 Å². The SMILES string of the molecule is CC(C)(C(=O)O)c1ccc(N2CCN(CC3CCCN(c4nc(N)n5nc(-c6ccco6)nc5n4)C3)CC2)cc1. The fourth-order valence-corrected chi connectivity index (χ4v) is 5.61. The molecule has 2 saturated heterocycles. The molecule has 1 aromatic carbocycles. The first-order valence-corrected chi connectivity index (χ1v) is 13.8. The quantitative estimate of drug-likeness (QED) is 0.354. The molecule has 2 aliphatic rings. The Kier molecular flexibility index (Phi) is 6.78. The van der Waals surface area contributed by atoms with E-state index in [0.29, 0.717) is 29.2 Å². The number of benzene rings is 1. The third-order valence-electron chi connectivity index (χ3n) is 8.14. The highest BCUT2D eigenvalue weighted by molar-refractivity contribution is 5.80. The van der Waals surface area contributed by atoms with Crippen molar-refractivity contribution in [2.24, 2.45) is 5.92 Å². The first-order chi connectivity index (χ1) is 19.3. The number of nitrogens with two attached hydrogens (primary N) is 1. The second kappa shape index (κ2) is 10.4. The first-order valence-electron chi connectivity index (χ1n) is 13.8. The lowest BCUT2D eigenvalue weighted by Crippen LogP contribution is -2.49. The molecule has 6 rings (SSSR count). The second-order valence-corrected chi connectivity index (χ2v) is 11.2. The average Bonchev–Trinajstić information content (AvgIpc) is 3.64. The van der Waals surface area contributed by atoms with Crippen LogP contribution in [0.2, 0.25) is 0 Å². The van der Waals surface area contributed by atoms with Crippen LogP contribution >= 0.6 is 0 Å². The van der Waals surface area contributed by atoms with Gasteiger partial charge in [0.05, 0.1) is 11.7 Å². The van der Waals surface area contributed by atoms with Crippen LogP contribution < -0.4 is 15.5 Å². The highest BCUT2D eigenvalue weighted by Crippen LogP contribution is 2.28. The van der Waals surface area contributed by atoms with Gasteiger partial charge in [-0.2, -0.15) is 19.5 Å². The number of anilines is 3. The van der Waals surface area contributed by atoms with E-state index in [2.05, 4.69) is 34.8 Å². The number of aliphatic carboxylic acids is 1. The van der Waals surface area contributed by atoms with Gasteiger partial charge in [0.1, 0.15) is 0 Å². The molecule has 2 fully saturated rings. The molecule has 210 valence electrons. The summed E-state index contributed by atoms with van der Waals surface area (Å²) < 4.78 is 6.86. The highest BCUT2D eigenvalue weighted by atomic mass is 16.4. The molecule has 3 aromatic heterocycles. The molecular weight excluding hydrogens is 510 g/mol. The van der Waals surface area contributed by atoms with Crippen LogP contribution in [0.3, 0.4) is 0 Å². The van der Waals surface area contributed by atoms with E-state index in [1.54, 1.807) is 32.2 Å². The molecule has 0 radical (unpaired) electrons. The van der Waals surface area contributed by atoms with Gasteiger partial charge >= 0.3 is 5.97 Å². The summed E-state index contributed by atoms with van der Waals surface area (Å²) in [5.74, 6) is 1.93. The minimum Gasteiger partial charge on any atom is -0.481 e.